The molecule has 1 unspecified atom stereocenters. The monoisotopic (exact) mass is 695 g/mol. The number of piperidine rings is 1. The zero-order chi connectivity index (χ0) is 36.7. The van der Waals surface area contributed by atoms with Crippen LogP contribution in [0.1, 0.15) is 54.4 Å². The number of amides is 3. The Kier molecular flexibility index (Phi) is 8.90. The van der Waals surface area contributed by atoms with Gasteiger partial charge >= 0.3 is 5.69 Å². The van der Waals surface area contributed by atoms with Crippen LogP contribution >= 0.6 is 0 Å². The van der Waals surface area contributed by atoms with Crippen LogP contribution in [0.15, 0.2) is 71.8 Å². The molecule has 52 heavy (non-hydrogen) atoms. The van der Waals surface area contributed by atoms with Crippen LogP contribution in [0.4, 0.5) is 5.82 Å². The first-order chi connectivity index (χ1) is 25.0. The second-order valence-electron chi connectivity index (χ2n) is 13.2. The predicted octanol–water partition coefficient (Wildman–Crippen LogP) is 4.01. The van der Waals surface area contributed by atoms with Gasteiger partial charge < -0.3 is 10.6 Å². The fourth-order valence-electron chi connectivity index (χ4n) is 6.56. The number of nitrogens with one attached hydrogen (secondary N) is 3. The molecule has 4 aromatic heterocycles. The summed E-state index contributed by atoms with van der Waals surface area (Å²) in [6, 6.07) is 17.0. The Balaban J connectivity index is 1.03. The van der Waals surface area contributed by atoms with Gasteiger partial charge in [0.15, 0.2) is 0 Å². The molecule has 1 aliphatic heterocycles. The van der Waals surface area contributed by atoms with E-state index in [-0.39, 0.29) is 48.0 Å². The highest BCUT2D eigenvalue weighted by Gasteiger charge is 2.27. The van der Waals surface area contributed by atoms with E-state index in [4.69, 9.17) is 4.98 Å². The first-order valence-corrected chi connectivity index (χ1v) is 16.9. The third-order valence-electron chi connectivity index (χ3n) is 9.37. The van der Waals surface area contributed by atoms with Crippen LogP contribution in [0, 0.1) is 11.8 Å². The highest BCUT2D eigenvalue weighted by atomic mass is 16.2. The predicted molar refractivity (Wildman–Crippen MR) is 198 cm³/mol. The number of nitrogens with zero attached hydrogens (tertiary/aromatic N) is 6. The fraction of sp³-hybridized carbons (Fsp3) is 0.256. The number of carbonyl (C=O) groups excluding carboxylic acids is 3. The average Bonchev–Trinajstić information content (AvgIpc) is 3.60. The van der Waals surface area contributed by atoms with Crippen molar-refractivity contribution < 1.29 is 14.4 Å². The highest BCUT2D eigenvalue weighted by molar-refractivity contribution is 6.02. The molecule has 262 valence electrons. The number of imide groups is 1. The van der Waals surface area contributed by atoms with Crippen LogP contribution in [-0.2, 0) is 30.7 Å². The number of hydrogen-bond acceptors (Lipinski definition) is 8. The third kappa shape index (κ3) is 6.42. The van der Waals surface area contributed by atoms with Crippen molar-refractivity contribution in [1.29, 1.82) is 0 Å². The second-order valence-corrected chi connectivity index (χ2v) is 13.2. The summed E-state index contributed by atoms with van der Waals surface area (Å²) in [4.78, 5) is 58.2. The number of hydrogen-bond donors (Lipinski definition) is 3. The number of fused-ring (bicyclic) bond motifs is 2. The molecule has 6 aromatic rings. The van der Waals surface area contributed by atoms with Crippen molar-refractivity contribution in [2.75, 3.05) is 11.9 Å². The summed E-state index contributed by atoms with van der Waals surface area (Å²) < 4.78 is 4.98. The molecule has 13 nitrogen and oxygen atoms in total. The zero-order valence-corrected chi connectivity index (χ0v) is 29.4. The number of benzene rings is 2. The highest BCUT2D eigenvalue weighted by Crippen LogP contribution is 2.35. The van der Waals surface area contributed by atoms with Gasteiger partial charge in [0.2, 0.25) is 11.8 Å². The quantitative estimate of drug-likeness (QED) is 0.167. The van der Waals surface area contributed by atoms with E-state index in [9.17, 15) is 19.2 Å². The minimum Gasteiger partial charge on any atom is -0.357 e. The summed E-state index contributed by atoms with van der Waals surface area (Å²) in [5.74, 6) is 5.56. The molecule has 13 heteroatoms. The summed E-state index contributed by atoms with van der Waals surface area (Å²) in [5, 5.41) is 14.4. The van der Waals surface area contributed by atoms with Gasteiger partial charge in [0.05, 0.1) is 23.3 Å². The number of carbonyl (C=O) groups is 3. The van der Waals surface area contributed by atoms with E-state index in [0.717, 1.165) is 49.8 Å². The molecule has 3 amide bonds. The van der Waals surface area contributed by atoms with Crippen LogP contribution in [-0.4, -0.2) is 59.2 Å². The number of rotatable bonds is 7. The lowest BCUT2D eigenvalue weighted by Crippen LogP contribution is -2.47. The molecule has 0 radical (unpaired) electrons. The molecule has 3 N–H and O–H groups in total. The third-order valence-corrected chi connectivity index (χ3v) is 9.37. The summed E-state index contributed by atoms with van der Waals surface area (Å²) in [6.07, 6.45) is 4.14. The molecule has 0 saturated carbocycles. The van der Waals surface area contributed by atoms with Crippen LogP contribution in [0.2, 0.25) is 0 Å². The molecule has 1 atom stereocenters. The molecule has 5 heterocycles. The lowest BCUT2D eigenvalue weighted by Gasteiger charge is -2.21. The minimum absolute atomic E-state index is 0.0529. The molecule has 0 bridgehead atoms. The fourth-order valence-corrected chi connectivity index (χ4v) is 6.56. The van der Waals surface area contributed by atoms with Crippen molar-refractivity contribution >= 4 is 45.3 Å². The molecule has 2 aromatic carbocycles. The van der Waals surface area contributed by atoms with Crippen LogP contribution in [0.3, 0.4) is 0 Å². The SMILES string of the molecule is CC(C)c1cc(-c2cccc3cc(-c4ccc(C(=O)NCC#Cc5cc(NC6CCC(=O)NC6=O)nn5C)nc4)ncc23)cc2c1n(C)c(=O)n2C. The van der Waals surface area contributed by atoms with E-state index in [1.54, 1.807) is 46.2 Å². The molecular weight excluding hydrogens is 658 g/mol. The Bertz CT molecular complexity index is 2530. The number of imidazole rings is 1. The number of anilines is 1. The van der Waals surface area contributed by atoms with Crippen molar-refractivity contribution in [3.8, 4) is 34.2 Å². The van der Waals surface area contributed by atoms with Gasteiger partial charge in [-0.2, -0.15) is 5.10 Å². The van der Waals surface area contributed by atoms with Crippen molar-refractivity contribution in [3.63, 3.8) is 0 Å². The van der Waals surface area contributed by atoms with Gasteiger partial charge in [0, 0.05) is 57.0 Å². The lowest BCUT2D eigenvalue weighted by molar-refractivity contribution is -0.133. The van der Waals surface area contributed by atoms with E-state index >= 15 is 0 Å². The Morgan fingerprint density at radius 2 is 1.81 bits per heavy atom. The average molecular weight is 696 g/mol. The molecule has 7 rings (SSSR count). The summed E-state index contributed by atoms with van der Waals surface area (Å²) in [7, 11) is 5.35. The Morgan fingerprint density at radius 1 is 0.981 bits per heavy atom. The number of aromatic nitrogens is 6. The topological polar surface area (TPSA) is 158 Å². The second kappa shape index (κ2) is 13.6. The van der Waals surface area contributed by atoms with Crippen molar-refractivity contribution in [1.82, 2.24) is 39.5 Å². The first kappa shape index (κ1) is 33.9. The lowest BCUT2D eigenvalue weighted by atomic mass is 9.93. The van der Waals surface area contributed by atoms with Gasteiger partial charge in [-0.05, 0) is 70.7 Å². The van der Waals surface area contributed by atoms with Crippen LogP contribution in [0.5, 0.6) is 0 Å². The largest absolute Gasteiger partial charge is 0.357 e. The maximum Gasteiger partial charge on any atom is 0.328 e. The van der Waals surface area contributed by atoms with E-state index < -0.39 is 6.04 Å². The maximum absolute atomic E-state index is 12.8. The minimum atomic E-state index is -0.546. The van der Waals surface area contributed by atoms with Crippen molar-refractivity contribution in [3.05, 3.63) is 94.4 Å². The van der Waals surface area contributed by atoms with Crippen molar-refractivity contribution in [2.24, 2.45) is 21.1 Å². The Morgan fingerprint density at radius 3 is 2.56 bits per heavy atom. The smallest absolute Gasteiger partial charge is 0.328 e. The van der Waals surface area contributed by atoms with Gasteiger partial charge in [-0.1, -0.05) is 38.0 Å². The summed E-state index contributed by atoms with van der Waals surface area (Å²) in [5.41, 5.74) is 7.27. The zero-order valence-electron chi connectivity index (χ0n) is 29.4. The van der Waals surface area contributed by atoms with Gasteiger partial charge in [-0.25, -0.2) is 4.79 Å². The van der Waals surface area contributed by atoms with Gasteiger partial charge in [-0.3, -0.25) is 43.5 Å². The standard InChI is InChI=1S/C39H37N9O4/c1-22(2)28-16-25(18-33-36(28)47(4)39(52)46(33)3)27-10-6-8-23-17-32(42-21-29(23)27)24-11-12-30(41-20-24)37(50)40-15-7-9-26-19-34(45-48(26)5)43-31-13-14-35(49)44-38(31)51/h6,8,10-12,16-22,31H,13-15H2,1-5H3,(H,40,50)(H,43,45)(H,44,49,51). The molecule has 0 aliphatic carbocycles. The normalized spacial score (nSPS) is 14.4. The molecule has 1 saturated heterocycles. The van der Waals surface area contributed by atoms with Crippen LogP contribution < -0.4 is 21.6 Å². The maximum atomic E-state index is 12.8. The molecule has 1 fully saturated rings. The Labute approximate surface area is 299 Å². The molecule has 1 aliphatic rings. The van der Waals surface area contributed by atoms with Crippen LogP contribution in [0.25, 0.3) is 44.2 Å². The van der Waals surface area contributed by atoms with Crippen molar-refractivity contribution in [2.45, 2.75) is 38.6 Å². The van der Waals surface area contributed by atoms with E-state index in [1.807, 2.05) is 37.5 Å². The summed E-state index contributed by atoms with van der Waals surface area (Å²) >= 11 is 0. The van der Waals surface area contributed by atoms with Gasteiger partial charge in [0.1, 0.15) is 23.2 Å². The van der Waals surface area contributed by atoms with Gasteiger partial charge in [0.25, 0.3) is 5.91 Å². The summed E-state index contributed by atoms with van der Waals surface area (Å²) in [6.45, 7) is 4.36. The molecular formula is C39H37N9O4. The van der Waals surface area contributed by atoms with E-state index in [1.165, 1.54) is 0 Å². The van der Waals surface area contributed by atoms with Gasteiger partial charge in [-0.15, -0.1) is 0 Å². The Hall–Kier alpha value is -6.55. The number of pyridine rings is 2. The molecule has 0 spiro atoms. The van der Waals surface area contributed by atoms with E-state index in [0.29, 0.717) is 17.9 Å². The van der Waals surface area contributed by atoms with E-state index in [2.05, 4.69) is 69.9 Å². The number of aryl methyl sites for hydroxylation is 3. The first-order valence-electron chi connectivity index (χ1n) is 16.9.